The number of ether oxygens (including phenoxy) is 2. The van der Waals surface area contributed by atoms with Crippen LogP contribution in [-0.4, -0.2) is 40.4 Å². The topological polar surface area (TPSA) is 58.9 Å². The van der Waals surface area contributed by atoms with Crippen LogP contribution < -0.4 is 0 Å². The van der Waals surface area contributed by atoms with Crippen molar-refractivity contribution >= 4 is 0 Å². The molecule has 0 amide bonds. The van der Waals surface area contributed by atoms with Gasteiger partial charge in [0, 0.05) is 12.8 Å². The van der Waals surface area contributed by atoms with E-state index in [1.807, 2.05) is 74.5 Å². The van der Waals surface area contributed by atoms with Crippen LogP contribution in [0.5, 0.6) is 0 Å². The number of benzene rings is 2. The van der Waals surface area contributed by atoms with E-state index in [0.717, 1.165) is 11.1 Å². The maximum Gasteiger partial charge on any atom is 0.164 e. The molecule has 2 aromatic rings. The Hall–Kier alpha value is -1.72. The van der Waals surface area contributed by atoms with Gasteiger partial charge in [-0.2, -0.15) is 0 Å². The van der Waals surface area contributed by atoms with Gasteiger partial charge in [0.15, 0.2) is 5.79 Å². The molecule has 1 aliphatic rings. The molecular weight excluding hydrogens is 316 g/mol. The van der Waals surface area contributed by atoms with Gasteiger partial charge in [0.1, 0.15) is 12.2 Å². The average Bonchev–Trinajstić information content (AvgIpc) is 2.93. The van der Waals surface area contributed by atoms with Crippen molar-refractivity contribution in [1.29, 1.82) is 0 Å². The summed E-state index contributed by atoms with van der Waals surface area (Å²) in [5.74, 6) is -0.829. The quantitative estimate of drug-likeness (QED) is 0.847. The molecule has 0 spiro atoms. The first-order valence-corrected chi connectivity index (χ1v) is 8.74. The lowest BCUT2D eigenvalue weighted by atomic mass is 9.94. The fraction of sp³-hybridized carbons (Fsp3) is 0.429. The molecule has 0 bridgehead atoms. The second kappa shape index (κ2) is 7.67. The van der Waals surface area contributed by atoms with Gasteiger partial charge in [0.05, 0.1) is 12.2 Å². The van der Waals surface area contributed by atoms with Crippen LogP contribution in [0.1, 0.15) is 25.0 Å². The van der Waals surface area contributed by atoms with Crippen molar-refractivity contribution in [2.45, 2.75) is 56.9 Å². The van der Waals surface area contributed by atoms with Gasteiger partial charge in [-0.1, -0.05) is 60.7 Å². The first-order chi connectivity index (χ1) is 11.9. The monoisotopic (exact) mass is 342 g/mol. The molecule has 1 fully saturated rings. The molecule has 3 rings (SSSR count). The van der Waals surface area contributed by atoms with Crippen molar-refractivity contribution in [3.05, 3.63) is 71.8 Å². The molecule has 0 unspecified atom stereocenters. The highest BCUT2D eigenvalue weighted by atomic mass is 16.8. The molecule has 134 valence electrons. The summed E-state index contributed by atoms with van der Waals surface area (Å²) >= 11 is 0. The van der Waals surface area contributed by atoms with Crippen molar-refractivity contribution in [3.8, 4) is 0 Å². The standard InChI is InChI=1S/C21H26O4/c1-21(2)24-19(17(22)13-15-9-5-3-6-10-15)20(25-21)18(23)14-16-11-7-4-8-12-16/h3-12,17-20,22-23H,13-14H2,1-2H3/t17-,18+,19-,20-/m1/s1. The Morgan fingerprint density at radius 2 is 1.12 bits per heavy atom. The van der Waals surface area contributed by atoms with E-state index in [9.17, 15) is 10.2 Å². The SMILES string of the molecule is CC1(C)O[C@H]([C@H](O)Cc2ccccc2)[C@@H]([C@@H](O)Cc2ccccc2)O1. The minimum Gasteiger partial charge on any atom is -0.390 e. The maximum atomic E-state index is 10.7. The molecule has 0 saturated carbocycles. The van der Waals surface area contributed by atoms with Crippen molar-refractivity contribution in [2.75, 3.05) is 0 Å². The number of rotatable bonds is 6. The van der Waals surface area contributed by atoms with Crippen molar-refractivity contribution < 1.29 is 19.7 Å². The van der Waals surface area contributed by atoms with Gasteiger partial charge in [-0.3, -0.25) is 0 Å². The Labute approximate surface area is 149 Å². The molecule has 4 atom stereocenters. The first-order valence-electron chi connectivity index (χ1n) is 8.74. The van der Waals surface area contributed by atoms with Crippen LogP contribution in [-0.2, 0) is 22.3 Å². The van der Waals surface area contributed by atoms with E-state index in [1.165, 1.54) is 0 Å². The Morgan fingerprint density at radius 3 is 1.48 bits per heavy atom. The zero-order valence-corrected chi connectivity index (χ0v) is 14.7. The summed E-state index contributed by atoms with van der Waals surface area (Å²) < 4.78 is 11.8. The minimum atomic E-state index is -0.829. The van der Waals surface area contributed by atoms with Crippen molar-refractivity contribution in [3.63, 3.8) is 0 Å². The molecule has 1 saturated heterocycles. The summed E-state index contributed by atoms with van der Waals surface area (Å²) in [5, 5.41) is 21.4. The van der Waals surface area contributed by atoms with E-state index < -0.39 is 30.2 Å². The van der Waals surface area contributed by atoms with Gasteiger partial charge >= 0.3 is 0 Å². The van der Waals surface area contributed by atoms with E-state index >= 15 is 0 Å². The number of aliphatic hydroxyl groups is 2. The van der Waals surface area contributed by atoms with Crippen LogP contribution >= 0.6 is 0 Å². The van der Waals surface area contributed by atoms with Gasteiger partial charge in [0.2, 0.25) is 0 Å². The Balaban J connectivity index is 1.71. The molecular formula is C21H26O4. The normalized spacial score (nSPS) is 24.8. The zero-order chi connectivity index (χ0) is 17.9. The van der Waals surface area contributed by atoms with Gasteiger partial charge in [-0.15, -0.1) is 0 Å². The van der Waals surface area contributed by atoms with Crippen LogP contribution in [0.4, 0.5) is 0 Å². The highest BCUT2D eigenvalue weighted by Gasteiger charge is 2.47. The second-order valence-corrected chi connectivity index (χ2v) is 7.08. The average molecular weight is 342 g/mol. The second-order valence-electron chi connectivity index (χ2n) is 7.08. The molecule has 0 radical (unpaired) electrons. The van der Waals surface area contributed by atoms with Crippen LogP contribution in [0, 0.1) is 0 Å². The lowest BCUT2D eigenvalue weighted by Gasteiger charge is -2.26. The van der Waals surface area contributed by atoms with Crippen LogP contribution in [0.25, 0.3) is 0 Å². The van der Waals surface area contributed by atoms with E-state index in [4.69, 9.17) is 9.47 Å². The third-order valence-corrected chi connectivity index (χ3v) is 4.50. The smallest absolute Gasteiger partial charge is 0.164 e. The van der Waals surface area contributed by atoms with Crippen molar-refractivity contribution in [1.82, 2.24) is 0 Å². The van der Waals surface area contributed by atoms with Crippen LogP contribution in [0.15, 0.2) is 60.7 Å². The molecule has 4 nitrogen and oxygen atoms in total. The van der Waals surface area contributed by atoms with Crippen LogP contribution in [0.3, 0.4) is 0 Å². The third kappa shape index (κ3) is 4.67. The number of hydrogen-bond donors (Lipinski definition) is 2. The minimum absolute atomic E-state index is 0.458. The number of hydrogen-bond acceptors (Lipinski definition) is 4. The predicted molar refractivity (Wildman–Crippen MR) is 96.1 cm³/mol. The molecule has 1 heterocycles. The fourth-order valence-electron chi connectivity index (χ4n) is 3.36. The van der Waals surface area contributed by atoms with Crippen molar-refractivity contribution in [2.24, 2.45) is 0 Å². The summed E-state index contributed by atoms with van der Waals surface area (Å²) in [4.78, 5) is 0. The lowest BCUT2D eigenvalue weighted by Crippen LogP contribution is -2.44. The first kappa shape index (κ1) is 18.1. The van der Waals surface area contributed by atoms with E-state index in [-0.39, 0.29) is 0 Å². The molecule has 0 aliphatic carbocycles. The predicted octanol–water partition coefficient (Wildman–Crippen LogP) is 2.71. The highest BCUT2D eigenvalue weighted by molar-refractivity contribution is 5.18. The van der Waals surface area contributed by atoms with E-state index in [1.54, 1.807) is 0 Å². The lowest BCUT2D eigenvalue weighted by molar-refractivity contribution is -0.160. The Morgan fingerprint density at radius 1 is 0.760 bits per heavy atom. The third-order valence-electron chi connectivity index (χ3n) is 4.50. The largest absolute Gasteiger partial charge is 0.390 e. The molecule has 4 heteroatoms. The van der Waals surface area contributed by atoms with Gasteiger partial charge in [-0.25, -0.2) is 0 Å². The molecule has 25 heavy (non-hydrogen) atoms. The molecule has 1 aliphatic heterocycles. The summed E-state index contributed by atoms with van der Waals surface area (Å²) in [6, 6.07) is 19.6. The summed E-state index contributed by atoms with van der Waals surface area (Å²) in [5.41, 5.74) is 2.05. The highest BCUT2D eigenvalue weighted by Crippen LogP contribution is 2.33. The van der Waals surface area contributed by atoms with Crippen LogP contribution in [0.2, 0.25) is 0 Å². The molecule has 2 aromatic carbocycles. The Kier molecular flexibility index (Phi) is 5.54. The van der Waals surface area contributed by atoms with Gasteiger partial charge in [-0.05, 0) is 25.0 Å². The van der Waals surface area contributed by atoms with Gasteiger partial charge in [0.25, 0.3) is 0 Å². The molecule has 2 N–H and O–H groups in total. The number of aliphatic hydroxyl groups excluding tert-OH is 2. The maximum absolute atomic E-state index is 10.7. The van der Waals surface area contributed by atoms with E-state index in [2.05, 4.69) is 0 Å². The zero-order valence-electron chi connectivity index (χ0n) is 14.7. The summed E-state index contributed by atoms with van der Waals surface area (Å²) in [6.45, 7) is 3.62. The van der Waals surface area contributed by atoms with E-state index in [0.29, 0.717) is 12.8 Å². The van der Waals surface area contributed by atoms with Gasteiger partial charge < -0.3 is 19.7 Å². The summed E-state index contributed by atoms with van der Waals surface area (Å²) in [6.07, 6.45) is -1.74. The summed E-state index contributed by atoms with van der Waals surface area (Å²) in [7, 11) is 0. The Bertz CT molecular complexity index is 599. The fourth-order valence-corrected chi connectivity index (χ4v) is 3.36. The molecule has 0 aromatic heterocycles.